The van der Waals surface area contributed by atoms with Gasteiger partial charge in [0, 0.05) is 37.2 Å². The van der Waals surface area contributed by atoms with Crippen LogP contribution in [0.1, 0.15) is 27.9 Å². The fourth-order valence-electron chi connectivity index (χ4n) is 3.57. The van der Waals surface area contributed by atoms with E-state index in [1.54, 1.807) is 19.5 Å². The summed E-state index contributed by atoms with van der Waals surface area (Å²) in [5.74, 6) is 0.466. The van der Waals surface area contributed by atoms with Gasteiger partial charge in [-0.1, -0.05) is 12.1 Å². The molecule has 148 valence electrons. The van der Waals surface area contributed by atoms with E-state index in [1.165, 1.54) is 5.56 Å². The Morgan fingerprint density at radius 2 is 2.07 bits per heavy atom. The first kappa shape index (κ1) is 18.7. The van der Waals surface area contributed by atoms with Gasteiger partial charge in [0.1, 0.15) is 5.82 Å². The van der Waals surface area contributed by atoms with E-state index in [0.29, 0.717) is 23.8 Å². The number of nitrogens with zero attached hydrogens (tertiary/aromatic N) is 2. The number of aromatic nitrogens is 2. The zero-order chi connectivity index (χ0) is 20.2. The Labute approximate surface area is 169 Å². The molecule has 1 amide bonds. The van der Waals surface area contributed by atoms with Gasteiger partial charge in [0.15, 0.2) is 0 Å². The van der Waals surface area contributed by atoms with Gasteiger partial charge in [-0.05, 0) is 53.3 Å². The molecule has 3 heterocycles. The Balaban J connectivity index is 1.66. The van der Waals surface area contributed by atoms with Crippen molar-refractivity contribution >= 4 is 17.4 Å². The minimum Gasteiger partial charge on any atom is -0.481 e. The van der Waals surface area contributed by atoms with E-state index >= 15 is 0 Å². The Hall–Kier alpha value is -3.61. The number of hydrogen-bond donors (Lipinski definition) is 3. The standard InChI is InChI=1S/C22H23N5O2/c1-29-19-11-14(6-9-25-19)13-27-22-20(21(23)28)17(7-10-26-22)16-5-4-15-3-2-8-24-18(15)12-16/h4-7,9-12,24H,2-3,8,13H2,1H3,(H2,23,28)(H,26,27). The number of rotatable bonds is 6. The molecule has 7 heteroatoms. The summed E-state index contributed by atoms with van der Waals surface area (Å²) in [6.07, 6.45) is 5.55. The van der Waals surface area contributed by atoms with Crippen LogP contribution in [-0.4, -0.2) is 29.5 Å². The minimum absolute atomic E-state index is 0.379. The first-order chi connectivity index (χ1) is 14.2. The Bertz CT molecular complexity index is 1050. The fraction of sp³-hybridized carbons (Fsp3) is 0.227. The van der Waals surface area contributed by atoms with Crippen LogP contribution in [0.3, 0.4) is 0 Å². The summed E-state index contributed by atoms with van der Waals surface area (Å²) in [6, 6.07) is 11.7. The molecule has 7 nitrogen and oxygen atoms in total. The zero-order valence-corrected chi connectivity index (χ0v) is 16.2. The predicted molar refractivity (Wildman–Crippen MR) is 113 cm³/mol. The van der Waals surface area contributed by atoms with Crippen molar-refractivity contribution in [2.45, 2.75) is 19.4 Å². The molecular formula is C22H23N5O2. The van der Waals surface area contributed by atoms with Crippen LogP contribution in [0.5, 0.6) is 5.88 Å². The van der Waals surface area contributed by atoms with Gasteiger partial charge in [-0.15, -0.1) is 0 Å². The van der Waals surface area contributed by atoms with Gasteiger partial charge in [0.25, 0.3) is 5.91 Å². The van der Waals surface area contributed by atoms with Gasteiger partial charge >= 0.3 is 0 Å². The number of nitrogens with one attached hydrogen (secondary N) is 2. The molecule has 0 unspecified atom stereocenters. The van der Waals surface area contributed by atoms with Crippen molar-refractivity contribution in [1.29, 1.82) is 0 Å². The Morgan fingerprint density at radius 3 is 2.90 bits per heavy atom. The normalized spacial score (nSPS) is 12.6. The Morgan fingerprint density at radius 1 is 1.21 bits per heavy atom. The molecule has 0 saturated heterocycles. The maximum atomic E-state index is 12.3. The summed E-state index contributed by atoms with van der Waals surface area (Å²) in [5.41, 5.74) is 11.2. The second-order valence-corrected chi connectivity index (χ2v) is 6.91. The highest BCUT2D eigenvalue weighted by Gasteiger charge is 2.18. The van der Waals surface area contributed by atoms with E-state index in [9.17, 15) is 4.79 Å². The molecule has 2 aromatic heterocycles. The molecule has 1 aromatic carbocycles. The van der Waals surface area contributed by atoms with Crippen LogP contribution in [0, 0.1) is 0 Å². The van der Waals surface area contributed by atoms with E-state index in [-0.39, 0.29) is 0 Å². The highest BCUT2D eigenvalue weighted by molar-refractivity contribution is 6.04. The average molecular weight is 389 g/mol. The van der Waals surface area contributed by atoms with Gasteiger partial charge in [0.05, 0.1) is 12.7 Å². The van der Waals surface area contributed by atoms with Gasteiger partial charge in [-0.25, -0.2) is 9.97 Å². The first-order valence-electron chi connectivity index (χ1n) is 9.54. The first-order valence-corrected chi connectivity index (χ1v) is 9.54. The molecule has 0 spiro atoms. The van der Waals surface area contributed by atoms with Gasteiger partial charge < -0.3 is 21.1 Å². The lowest BCUT2D eigenvalue weighted by Gasteiger charge is -2.20. The molecule has 1 aliphatic heterocycles. The third kappa shape index (κ3) is 3.99. The molecule has 0 fully saturated rings. The highest BCUT2D eigenvalue weighted by atomic mass is 16.5. The van der Waals surface area contributed by atoms with Crippen LogP contribution in [0.4, 0.5) is 11.5 Å². The number of amides is 1. The van der Waals surface area contributed by atoms with E-state index < -0.39 is 5.91 Å². The summed E-state index contributed by atoms with van der Waals surface area (Å²) in [5, 5.41) is 6.65. The SMILES string of the molecule is COc1cc(CNc2nccc(-c3ccc4c(c3)NCCC4)c2C(N)=O)ccn1. The van der Waals surface area contributed by atoms with E-state index in [0.717, 1.165) is 41.8 Å². The monoisotopic (exact) mass is 389 g/mol. The van der Waals surface area contributed by atoms with Crippen LogP contribution >= 0.6 is 0 Å². The van der Waals surface area contributed by atoms with Crippen LogP contribution in [0.2, 0.25) is 0 Å². The number of nitrogens with two attached hydrogens (primary N) is 1. The summed E-state index contributed by atoms with van der Waals surface area (Å²) in [4.78, 5) is 20.8. The highest BCUT2D eigenvalue weighted by Crippen LogP contribution is 2.32. The molecule has 29 heavy (non-hydrogen) atoms. The average Bonchev–Trinajstić information content (AvgIpc) is 2.77. The van der Waals surface area contributed by atoms with Crippen LogP contribution in [0.15, 0.2) is 48.8 Å². The topological polar surface area (TPSA) is 102 Å². The van der Waals surface area contributed by atoms with Crippen LogP contribution < -0.4 is 21.1 Å². The maximum absolute atomic E-state index is 12.3. The van der Waals surface area contributed by atoms with Gasteiger partial charge in [-0.2, -0.15) is 0 Å². The number of primary amides is 1. The van der Waals surface area contributed by atoms with Crippen molar-refractivity contribution in [2.24, 2.45) is 5.73 Å². The largest absolute Gasteiger partial charge is 0.481 e. The van der Waals surface area contributed by atoms with Crippen molar-refractivity contribution in [1.82, 2.24) is 9.97 Å². The maximum Gasteiger partial charge on any atom is 0.253 e. The predicted octanol–water partition coefficient (Wildman–Crippen LogP) is 3.22. The van der Waals surface area contributed by atoms with Gasteiger partial charge in [0.2, 0.25) is 5.88 Å². The number of carbonyl (C=O) groups is 1. The molecule has 0 aliphatic carbocycles. The molecule has 0 radical (unpaired) electrons. The fourth-order valence-corrected chi connectivity index (χ4v) is 3.57. The molecule has 0 bridgehead atoms. The molecular weight excluding hydrogens is 366 g/mol. The summed E-state index contributed by atoms with van der Waals surface area (Å²) < 4.78 is 5.16. The number of carbonyl (C=O) groups excluding carboxylic acids is 1. The molecule has 0 saturated carbocycles. The molecule has 0 atom stereocenters. The van der Waals surface area contributed by atoms with Crippen LogP contribution in [0.25, 0.3) is 11.1 Å². The van der Waals surface area contributed by atoms with E-state index in [4.69, 9.17) is 10.5 Å². The number of pyridine rings is 2. The van der Waals surface area contributed by atoms with Gasteiger partial charge in [-0.3, -0.25) is 4.79 Å². The third-order valence-electron chi connectivity index (χ3n) is 5.02. The molecule has 4 N–H and O–H groups in total. The third-order valence-corrected chi connectivity index (χ3v) is 5.02. The number of hydrogen-bond acceptors (Lipinski definition) is 6. The molecule has 4 rings (SSSR count). The number of aryl methyl sites for hydroxylation is 1. The quantitative estimate of drug-likeness (QED) is 0.598. The second kappa shape index (κ2) is 8.18. The number of benzene rings is 1. The van der Waals surface area contributed by atoms with Crippen molar-refractivity contribution in [2.75, 3.05) is 24.3 Å². The number of anilines is 2. The summed E-state index contributed by atoms with van der Waals surface area (Å²) in [7, 11) is 1.57. The molecule has 1 aliphatic rings. The van der Waals surface area contributed by atoms with E-state index in [2.05, 4.69) is 32.7 Å². The summed E-state index contributed by atoms with van der Waals surface area (Å²) in [6.45, 7) is 1.42. The van der Waals surface area contributed by atoms with Crippen molar-refractivity contribution < 1.29 is 9.53 Å². The lowest BCUT2D eigenvalue weighted by molar-refractivity contribution is 0.100. The second-order valence-electron chi connectivity index (χ2n) is 6.91. The number of methoxy groups -OCH3 is 1. The van der Waals surface area contributed by atoms with Crippen molar-refractivity contribution in [3.05, 3.63) is 65.5 Å². The van der Waals surface area contributed by atoms with Crippen molar-refractivity contribution in [3.63, 3.8) is 0 Å². The lowest BCUT2D eigenvalue weighted by Crippen LogP contribution is -2.17. The van der Waals surface area contributed by atoms with E-state index in [1.807, 2.05) is 24.3 Å². The molecule has 3 aromatic rings. The smallest absolute Gasteiger partial charge is 0.253 e. The number of ether oxygens (including phenoxy) is 1. The lowest BCUT2D eigenvalue weighted by atomic mass is 9.95. The minimum atomic E-state index is -0.520. The summed E-state index contributed by atoms with van der Waals surface area (Å²) >= 11 is 0. The Kier molecular flexibility index (Phi) is 5.29. The van der Waals surface area contributed by atoms with Crippen LogP contribution in [-0.2, 0) is 13.0 Å². The van der Waals surface area contributed by atoms with Crippen molar-refractivity contribution in [3.8, 4) is 17.0 Å². The zero-order valence-electron chi connectivity index (χ0n) is 16.2. The number of fused-ring (bicyclic) bond motifs is 1.